The van der Waals surface area contributed by atoms with Crippen molar-refractivity contribution < 1.29 is 12.7 Å². The maximum absolute atomic E-state index is 12.0. The molecule has 0 radical (unpaired) electrons. The van der Waals surface area contributed by atoms with Crippen molar-refractivity contribution in [2.75, 3.05) is 0 Å². The largest absolute Gasteiger partial charge is 0.317 e. The lowest BCUT2D eigenvalue weighted by atomic mass is 10.1. The minimum atomic E-state index is -3.74. The molecule has 0 aromatic heterocycles. The van der Waals surface area contributed by atoms with E-state index in [1.165, 1.54) is 31.4 Å². The van der Waals surface area contributed by atoms with Gasteiger partial charge in [-0.1, -0.05) is 43.5 Å². The van der Waals surface area contributed by atoms with E-state index in [0.29, 0.717) is 0 Å². The van der Waals surface area contributed by atoms with Crippen LogP contribution in [0.2, 0.25) is 0 Å². The predicted molar refractivity (Wildman–Crippen MR) is 78.3 cm³/mol. The molecule has 1 aliphatic carbocycles. The molecular weight excluding hydrogens is 274 g/mol. The van der Waals surface area contributed by atoms with Crippen molar-refractivity contribution in [2.24, 2.45) is 0 Å². The average molecular weight is 295 g/mol. The monoisotopic (exact) mass is 295 g/mol. The van der Waals surface area contributed by atoms with Gasteiger partial charge in [0.15, 0.2) is 0 Å². The fraction of sp³-hybridized carbons (Fsp3) is 0.467. The Kier molecular flexibility index (Phi) is 5.61. The quantitative estimate of drug-likeness (QED) is 0.863. The molecule has 1 aromatic carbocycles. The van der Waals surface area contributed by atoms with Gasteiger partial charge in [-0.2, -0.15) is 8.42 Å². The number of hydrogen-bond acceptors (Lipinski definition) is 4. The van der Waals surface area contributed by atoms with E-state index in [2.05, 4.69) is 5.48 Å². The van der Waals surface area contributed by atoms with Gasteiger partial charge in [-0.15, -0.1) is 4.28 Å². The minimum absolute atomic E-state index is 0.163. The first kappa shape index (κ1) is 15.1. The van der Waals surface area contributed by atoms with Crippen LogP contribution >= 0.6 is 0 Å². The number of hydroxylamine groups is 1. The summed E-state index contributed by atoms with van der Waals surface area (Å²) in [6.07, 6.45) is 9.75. The molecule has 0 heterocycles. The second-order valence-corrected chi connectivity index (χ2v) is 6.53. The van der Waals surface area contributed by atoms with Crippen molar-refractivity contribution in [3.63, 3.8) is 0 Å². The summed E-state index contributed by atoms with van der Waals surface area (Å²) < 4.78 is 28.9. The summed E-state index contributed by atoms with van der Waals surface area (Å²) in [5, 5.41) is 0. The van der Waals surface area contributed by atoms with Gasteiger partial charge in [0.05, 0.1) is 4.90 Å². The standard InChI is InChI=1S/C15H21NO3S/c17-20(18,15-12-8-5-9-13-15)19-16-14-10-6-3-1-2-4-7-11-14/h5,8-10,12-13,16H,1-4,6-7,11H2. The van der Waals surface area contributed by atoms with Crippen LogP contribution in [0.3, 0.4) is 0 Å². The van der Waals surface area contributed by atoms with Crippen LogP contribution in [-0.4, -0.2) is 8.42 Å². The van der Waals surface area contributed by atoms with Crippen LogP contribution in [0.5, 0.6) is 0 Å². The molecule has 0 saturated heterocycles. The molecule has 5 heteroatoms. The molecule has 1 aromatic rings. The molecule has 0 fully saturated rings. The highest BCUT2D eigenvalue weighted by molar-refractivity contribution is 7.86. The van der Waals surface area contributed by atoms with E-state index >= 15 is 0 Å². The fourth-order valence-corrected chi connectivity index (χ4v) is 3.01. The topological polar surface area (TPSA) is 55.4 Å². The first-order chi connectivity index (χ1) is 9.68. The highest BCUT2D eigenvalue weighted by Crippen LogP contribution is 2.16. The van der Waals surface area contributed by atoms with Crippen LogP contribution in [0.1, 0.15) is 44.9 Å². The molecule has 0 aliphatic heterocycles. The number of nitrogens with one attached hydrogen (secondary N) is 1. The molecule has 2 rings (SSSR count). The van der Waals surface area contributed by atoms with E-state index in [0.717, 1.165) is 31.4 Å². The highest BCUT2D eigenvalue weighted by Gasteiger charge is 2.15. The van der Waals surface area contributed by atoms with E-state index in [-0.39, 0.29) is 4.90 Å². The van der Waals surface area contributed by atoms with Gasteiger partial charge >= 0.3 is 10.1 Å². The van der Waals surface area contributed by atoms with Gasteiger partial charge in [0.1, 0.15) is 0 Å². The van der Waals surface area contributed by atoms with Gasteiger partial charge in [-0.05, 0) is 37.8 Å². The first-order valence-electron chi connectivity index (χ1n) is 7.12. The third-order valence-corrected chi connectivity index (χ3v) is 4.51. The van der Waals surface area contributed by atoms with Crippen LogP contribution in [0, 0.1) is 0 Å². The van der Waals surface area contributed by atoms with Crippen LogP contribution in [0.25, 0.3) is 0 Å². The molecule has 1 aliphatic rings. The Balaban J connectivity index is 1.96. The zero-order valence-electron chi connectivity index (χ0n) is 11.5. The zero-order chi connectivity index (χ0) is 14.3. The molecule has 0 atom stereocenters. The zero-order valence-corrected chi connectivity index (χ0v) is 12.4. The maximum Gasteiger partial charge on any atom is 0.317 e. The Hall–Kier alpha value is -1.33. The van der Waals surface area contributed by atoms with Gasteiger partial charge in [0.2, 0.25) is 0 Å². The van der Waals surface area contributed by atoms with E-state index < -0.39 is 10.1 Å². The summed E-state index contributed by atoms with van der Waals surface area (Å²) in [4.78, 5) is 0.163. The van der Waals surface area contributed by atoms with Crippen LogP contribution in [-0.2, 0) is 14.4 Å². The summed E-state index contributed by atoms with van der Waals surface area (Å²) in [5.74, 6) is 0. The third kappa shape index (κ3) is 4.65. The first-order valence-corrected chi connectivity index (χ1v) is 8.53. The smallest absolute Gasteiger partial charge is 0.254 e. The van der Waals surface area contributed by atoms with Gasteiger partial charge in [-0.25, -0.2) is 0 Å². The molecular formula is C15H21NO3S. The Labute approximate surface area is 120 Å². The molecule has 0 bridgehead atoms. The Morgan fingerprint density at radius 2 is 1.65 bits per heavy atom. The van der Waals surface area contributed by atoms with Crippen molar-refractivity contribution >= 4 is 10.1 Å². The molecule has 110 valence electrons. The molecule has 4 nitrogen and oxygen atoms in total. The normalized spacial score (nSPS) is 17.5. The summed E-state index contributed by atoms with van der Waals surface area (Å²) in [6, 6.07) is 8.17. The number of rotatable bonds is 4. The average Bonchev–Trinajstić information content (AvgIpc) is 2.60. The highest BCUT2D eigenvalue weighted by atomic mass is 32.2. The third-order valence-electron chi connectivity index (χ3n) is 3.36. The molecule has 1 N–H and O–H groups in total. The lowest BCUT2D eigenvalue weighted by Crippen LogP contribution is -2.20. The minimum Gasteiger partial charge on any atom is -0.254 e. The second-order valence-electron chi connectivity index (χ2n) is 4.99. The predicted octanol–water partition coefficient (Wildman–Crippen LogP) is 3.52. The number of hydrogen-bond donors (Lipinski definition) is 1. The molecule has 0 unspecified atom stereocenters. The summed E-state index contributed by atoms with van der Waals surface area (Å²) in [7, 11) is -3.74. The van der Waals surface area contributed by atoms with Crippen molar-refractivity contribution in [3.8, 4) is 0 Å². The van der Waals surface area contributed by atoms with Crippen molar-refractivity contribution in [1.29, 1.82) is 0 Å². The summed E-state index contributed by atoms with van der Waals surface area (Å²) in [5.41, 5.74) is 3.50. The van der Waals surface area contributed by atoms with E-state index in [4.69, 9.17) is 4.28 Å². The molecule has 20 heavy (non-hydrogen) atoms. The lowest BCUT2D eigenvalue weighted by Gasteiger charge is -2.10. The second kappa shape index (κ2) is 7.45. The number of allylic oxidation sites excluding steroid dienone is 2. The Morgan fingerprint density at radius 3 is 2.45 bits per heavy atom. The Bertz CT molecular complexity index is 537. The van der Waals surface area contributed by atoms with E-state index in [9.17, 15) is 8.42 Å². The summed E-state index contributed by atoms with van der Waals surface area (Å²) >= 11 is 0. The fourth-order valence-electron chi connectivity index (χ4n) is 2.20. The molecule has 0 amide bonds. The van der Waals surface area contributed by atoms with E-state index in [1.54, 1.807) is 18.2 Å². The van der Waals surface area contributed by atoms with Gasteiger partial charge in [0, 0.05) is 5.70 Å². The van der Waals surface area contributed by atoms with Crippen molar-refractivity contribution in [1.82, 2.24) is 5.48 Å². The van der Waals surface area contributed by atoms with Crippen LogP contribution < -0.4 is 5.48 Å². The van der Waals surface area contributed by atoms with Crippen LogP contribution in [0.15, 0.2) is 47.0 Å². The van der Waals surface area contributed by atoms with Gasteiger partial charge < -0.3 is 0 Å². The van der Waals surface area contributed by atoms with Crippen molar-refractivity contribution in [3.05, 3.63) is 42.1 Å². The number of benzene rings is 1. The van der Waals surface area contributed by atoms with E-state index in [1.807, 2.05) is 6.08 Å². The lowest BCUT2D eigenvalue weighted by molar-refractivity contribution is 0.230. The maximum atomic E-state index is 12.0. The molecule has 0 saturated carbocycles. The van der Waals surface area contributed by atoms with Gasteiger partial charge in [-0.3, -0.25) is 5.48 Å². The Morgan fingerprint density at radius 1 is 0.950 bits per heavy atom. The van der Waals surface area contributed by atoms with Gasteiger partial charge in [0.25, 0.3) is 0 Å². The molecule has 0 spiro atoms. The van der Waals surface area contributed by atoms with Crippen molar-refractivity contribution in [2.45, 2.75) is 49.8 Å². The summed E-state index contributed by atoms with van der Waals surface area (Å²) in [6.45, 7) is 0. The van der Waals surface area contributed by atoms with Crippen LogP contribution in [0.4, 0.5) is 0 Å². The SMILES string of the molecule is O=S(=O)(ONC1=CCCCCCCC1)c1ccccc1.